The van der Waals surface area contributed by atoms with Gasteiger partial charge in [-0.05, 0) is 18.2 Å². The normalized spacial score (nSPS) is 10.6. The van der Waals surface area contributed by atoms with E-state index in [9.17, 15) is 0 Å². The molecule has 0 aliphatic rings. The van der Waals surface area contributed by atoms with E-state index in [1.807, 2.05) is 18.2 Å². The van der Waals surface area contributed by atoms with E-state index in [-0.39, 0.29) is 0 Å². The van der Waals surface area contributed by atoms with Crippen molar-refractivity contribution in [2.24, 2.45) is 0 Å². The Morgan fingerprint density at radius 1 is 1.54 bits per heavy atom. The first-order chi connectivity index (χ1) is 6.35. The molecule has 0 fully saturated rings. The van der Waals surface area contributed by atoms with Crippen LogP contribution in [0.1, 0.15) is 0 Å². The van der Waals surface area contributed by atoms with Gasteiger partial charge in [-0.3, -0.25) is 0 Å². The van der Waals surface area contributed by atoms with Gasteiger partial charge in [0.2, 0.25) is 0 Å². The second-order valence-corrected chi connectivity index (χ2v) is 2.93. The molecule has 2 rings (SSSR count). The fraction of sp³-hybridized carbons (Fsp3) is 0.222. The van der Waals surface area contributed by atoms with Gasteiger partial charge >= 0.3 is 0 Å². The van der Waals surface area contributed by atoms with Crippen molar-refractivity contribution in [3.63, 3.8) is 0 Å². The van der Waals surface area contributed by atoms with Crippen molar-refractivity contribution in [2.75, 3.05) is 7.11 Å². The summed E-state index contributed by atoms with van der Waals surface area (Å²) in [6, 6.07) is 6.15. The predicted molar refractivity (Wildman–Crippen MR) is 52.1 cm³/mol. The molecule has 0 N–H and O–H groups in total. The van der Waals surface area contributed by atoms with E-state index in [2.05, 4.69) is 5.10 Å². The highest BCUT2D eigenvalue weighted by Crippen LogP contribution is 2.20. The fourth-order valence-corrected chi connectivity index (χ4v) is 1.48. The third-order valence-corrected chi connectivity index (χ3v) is 2.19. The monoisotopic (exact) mass is 196 g/mol. The second kappa shape index (κ2) is 3.26. The predicted octanol–water partition coefficient (Wildman–Crippen LogP) is 2.24. The number of benzene rings is 1. The summed E-state index contributed by atoms with van der Waals surface area (Å²) in [6.07, 6.45) is 1.78. The first-order valence-electron chi connectivity index (χ1n) is 3.90. The summed E-state index contributed by atoms with van der Waals surface area (Å²) >= 11 is 5.69. The summed E-state index contributed by atoms with van der Waals surface area (Å²) in [7, 11) is 1.65. The lowest BCUT2D eigenvalue weighted by Gasteiger charge is -1.99. The zero-order valence-corrected chi connectivity index (χ0v) is 7.95. The van der Waals surface area contributed by atoms with E-state index in [1.54, 1.807) is 18.0 Å². The molecule has 0 spiro atoms. The van der Waals surface area contributed by atoms with Crippen molar-refractivity contribution in [3.05, 3.63) is 24.4 Å². The van der Waals surface area contributed by atoms with Gasteiger partial charge in [0.25, 0.3) is 0 Å². The Kier molecular flexibility index (Phi) is 2.10. The first kappa shape index (κ1) is 8.38. The summed E-state index contributed by atoms with van der Waals surface area (Å²) in [4.78, 5) is 0. The topological polar surface area (TPSA) is 27.1 Å². The van der Waals surface area contributed by atoms with Crippen LogP contribution in [0.15, 0.2) is 24.4 Å². The largest absolute Gasteiger partial charge is 0.497 e. The minimum atomic E-state index is 0.371. The third-order valence-electron chi connectivity index (χ3n) is 1.96. The minimum Gasteiger partial charge on any atom is -0.497 e. The van der Waals surface area contributed by atoms with Crippen LogP contribution in [0, 0.1) is 0 Å². The third kappa shape index (κ3) is 1.35. The number of fused-ring (bicyclic) bond motifs is 1. The van der Waals surface area contributed by atoms with Gasteiger partial charge in [0.15, 0.2) is 0 Å². The lowest BCUT2D eigenvalue weighted by molar-refractivity contribution is 0.415. The quantitative estimate of drug-likeness (QED) is 0.689. The van der Waals surface area contributed by atoms with Crippen LogP contribution >= 0.6 is 11.6 Å². The highest BCUT2D eigenvalue weighted by Gasteiger charge is 2.01. The van der Waals surface area contributed by atoms with Gasteiger partial charge in [-0.2, -0.15) is 5.10 Å². The number of ether oxygens (including phenoxy) is 1. The number of alkyl halides is 1. The summed E-state index contributed by atoms with van der Waals surface area (Å²) in [6.45, 7) is 0. The number of hydrogen-bond acceptors (Lipinski definition) is 2. The molecule has 4 heteroatoms. The van der Waals surface area contributed by atoms with Crippen LogP contribution in [0.2, 0.25) is 0 Å². The first-order valence-corrected chi connectivity index (χ1v) is 4.44. The Bertz CT molecular complexity index is 424. The molecule has 2 aromatic rings. The molecule has 3 nitrogen and oxygen atoms in total. The average Bonchev–Trinajstić information content (AvgIpc) is 2.59. The zero-order chi connectivity index (χ0) is 9.26. The molecule has 0 saturated carbocycles. The van der Waals surface area contributed by atoms with E-state index in [0.717, 1.165) is 16.7 Å². The molecule has 0 aliphatic carbocycles. The number of hydrogen-bond donors (Lipinski definition) is 0. The Morgan fingerprint density at radius 2 is 2.38 bits per heavy atom. The van der Waals surface area contributed by atoms with E-state index in [4.69, 9.17) is 16.3 Å². The molecular formula is C9H9ClN2O. The van der Waals surface area contributed by atoms with Gasteiger partial charge in [0, 0.05) is 5.39 Å². The number of halogens is 1. The van der Waals surface area contributed by atoms with Crippen LogP contribution in [0.4, 0.5) is 0 Å². The molecule has 0 atom stereocenters. The Hall–Kier alpha value is -1.22. The highest BCUT2D eigenvalue weighted by atomic mass is 35.5. The van der Waals surface area contributed by atoms with E-state index < -0.39 is 0 Å². The van der Waals surface area contributed by atoms with Gasteiger partial charge in [-0.15, -0.1) is 11.6 Å². The van der Waals surface area contributed by atoms with Crippen LogP contribution in [0.5, 0.6) is 5.75 Å². The molecule has 0 aliphatic heterocycles. The Labute approximate surface area is 80.9 Å². The minimum absolute atomic E-state index is 0.371. The van der Waals surface area contributed by atoms with Crippen molar-refractivity contribution in [1.29, 1.82) is 0 Å². The number of nitrogens with zero attached hydrogens (tertiary/aromatic N) is 2. The van der Waals surface area contributed by atoms with Crippen molar-refractivity contribution < 1.29 is 4.74 Å². The standard InChI is InChI=1S/C9H9ClN2O/c1-13-8-2-3-9-7(4-8)5-11-12(9)6-10/h2-5H,6H2,1H3. The fourth-order valence-electron chi connectivity index (χ4n) is 1.29. The molecule has 13 heavy (non-hydrogen) atoms. The van der Waals surface area contributed by atoms with E-state index >= 15 is 0 Å². The van der Waals surface area contributed by atoms with E-state index in [0.29, 0.717) is 6.00 Å². The molecule has 0 saturated heterocycles. The molecule has 0 unspecified atom stereocenters. The molecule has 68 valence electrons. The van der Waals surface area contributed by atoms with Crippen molar-refractivity contribution >= 4 is 22.5 Å². The summed E-state index contributed by atoms with van der Waals surface area (Å²) in [5.41, 5.74) is 1.02. The van der Waals surface area contributed by atoms with Crippen LogP contribution in [-0.2, 0) is 6.00 Å². The number of methoxy groups -OCH3 is 1. The van der Waals surface area contributed by atoms with Gasteiger partial charge < -0.3 is 4.74 Å². The van der Waals surface area contributed by atoms with Crippen LogP contribution in [0.25, 0.3) is 10.9 Å². The number of aromatic nitrogens is 2. The summed E-state index contributed by atoms with van der Waals surface area (Å²) in [5, 5.41) is 5.16. The second-order valence-electron chi connectivity index (χ2n) is 2.69. The molecule has 0 radical (unpaired) electrons. The van der Waals surface area contributed by atoms with Crippen LogP contribution < -0.4 is 4.74 Å². The lowest BCUT2D eigenvalue weighted by atomic mass is 10.2. The molecule has 0 amide bonds. The van der Waals surface area contributed by atoms with Crippen molar-refractivity contribution in [3.8, 4) is 5.75 Å². The lowest BCUT2D eigenvalue weighted by Crippen LogP contribution is -1.92. The Morgan fingerprint density at radius 3 is 3.08 bits per heavy atom. The maximum absolute atomic E-state index is 5.69. The van der Waals surface area contributed by atoms with Gasteiger partial charge in [-0.1, -0.05) is 0 Å². The Balaban J connectivity index is 2.61. The van der Waals surface area contributed by atoms with Gasteiger partial charge in [0.1, 0.15) is 11.8 Å². The SMILES string of the molecule is COc1ccc2c(cnn2CCl)c1. The summed E-state index contributed by atoms with van der Waals surface area (Å²) < 4.78 is 6.83. The van der Waals surface area contributed by atoms with Crippen LogP contribution in [0.3, 0.4) is 0 Å². The zero-order valence-electron chi connectivity index (χ0n) is 7.20. The molecule has 1 aromatic heterocycles. The maximum atomic E-state index is 5.69. The van der Waals surface area contributed by atoms with Gasteiger partial charge in [0.05, 0.1) is 18.8 Å². The van der Waals surface area contributed by atoms with Crippen LogP contribution in [-0.4, -0.2) is 16.9 Å². The highest BCUT2D eigenvalue weighted by molar-refractivity contribution is 6.15. The smallest absolute Gasteiger partial charge is 0.119 e. The molecular weight excluding hydrogens is 188 g/mol. The average molecular weight is 197 g/mol. The van der Waals surface area contributed by atoms with Crippen molar-refractivity contribution in [1.82, 2.24) is 9.78 Å². The molecule has 0 bridgehead atoms. The van der Waals surface area contributed by atoms with Gasteiger partial charge in [-0.25, -0.2) is 4.68 Å². The van der Waals surface area contributed by atoms with E-state index in [1.165, 1.54) is 0 Å². The number of rotatable bonds is 2. The maximum Gasteiger partial charge on any atom is 0.119 e. The molecule has 1 heterocycles. The van der Waals surface area contributed by atoms with Crippen molar-refractivity contribution in [2.45, 2.75) is 6.00 Å². The summed E-state index contributed by atoms with van der Waals surface area (Å²) in [5.74, 6) is 0.835. The molecule has 1 aromatic carbocycles.